The van der Waals surface area contributed by atoms with Crippen LogP contribution in [0.15, 0.2) is 61.2 Å². The number of hydrogen-bond acceptors (Lipinski definition) is 0. The summed E-state index contributed by atoms with van der Waals surface area (Å²) in [6.07, 6.45) is 1.11. The summed E-state index contributed by atoms with van der Waals surface area (Å²) in [5, 5.41) is 0. The summed E-state index contributed by atoms with van der Waals surface area (Å²) in [6.45, 7) is 21.1. The van der Waals surface area contributed by atoms with Crippen LogP contribution in [0, 0.1) is 0 Å². The Hall–Kier alpha value is -1.56. The highest BCUT2D eigenvalue weighted by Gasteiger charge is 1.86. The lowest BCUT2D eigenvalue weighted by atomic mass is 10.1. The largest absolute Gasteiger partial charge is 0.100 e. The molecule has 0 spiro atoms. The lowest BCUT2D eigenvalue weighted by Gasteiger charge is -1.94. The van der Waals surface area contributed by atoms with Gasteiger partial charge in [-0.05, 0) is 39.7 Å². The predicted molar refractivity (Wildman–Crippen MR) is 100 cm³/mol. The van der Waals surface area contributed by atoms with Crippen LogP contribution in [0.25, 0.3) is 5.57 Å². The molecular weight excluding hydrogens is 240 g/mol. The molecule has 0 nitrogen and oxygen atoms in total. The fraction of sp³-hybridized carbons (Fsp3) is 0.400. The van der Waals surface area contributed by atoms with Gasteiger partial charge in [0.1, 0.15) is 0 Å². The molecule has 0 saturated heterocycles. The summed E-state index contributed by atoms with van der Waals surface area (Å²) in [5.74, 6) is 0. The highest BCUT2D eigenvalue weighted by Crippen LogP contribution is 2.08. The van der Waals surface area contributed by atoms with Crippen LogP contribution in [-0.2, 0) is 0 Å². The molecule has 0 heteroatoms. The van der Waals surface area contributed by atoms with Crippen LogP contribution >= 0.6 is 0 Å². The summed E-state index contributed by atoms with van der Waals surface area (Å²) in [4.78, 5) is 0. The van der Waals surface area contributed by atoms with E-state index < -0.39 is 0 Å². The van der Waals surface area contributed by atoms with Crippen molar-refractivity contribution in [2.75, 3.05) is 0 Å². The molecule has 1 rings (SSSR count). The first-order chi connectivity index (χ1) is 8.31. The Morgan fingerprint density at radius 3 is 1.30 bits per heavy atom. The SMILES string of the molecule is C.C.C=C(C)C.C=C(C)CC.C=C(C)c1ccccc1. The van der Waals surface area contributed by atoms with Crippen LogP contribution < -0.4 is 0 Å². The molecule has 0 aliphatic rings. The third kappa shape index (κ3) is 25.3. The minimum atomic E-state index is 0. The minimum absolute atomic E-state index is 0. The zero-order valence-electron chi connectivity index (χ0n) is 12.7. The summed E-state index contributed by atoms with van der Waals surface area (Å²) < 4.78 is 0. The van der Waals surface area contributed by atoms with Crippen molar-refractivity contribution in [3.8, 4) is 0 Å². The van der Waals surface area contributed by atoms with Gasteiger partial charge in [-0.2, -0.15) is 0 Å². The summed E-state index contributed by atoms with van der Waals surface area (Å²) in [5.41, 5.74) is 4.76. The van der Waals surface area contributed by atoms with Crippen LogP contribution in [0.2, 0.25) is 0 Å². The van der Waals surface area contributed by atoms with Crippen molar-refractivity contribution in [1.29, 1.82) is 0 Å². The molecule has 0 amide bonds. The Bertz CT molecular complexity index is 351. The topological polar surface area (TPSA) is 0 Å². The molecule has 0 aliphatic carbocycles. The molecular formula is C20H36. The smallest absolute Gasteiger partial charge is 0.0233 e. The van der Waals surface area contributed by atoms with Crippen LogP contribution in [0.4, 0.5) is 0 Å². The average Bonchev–Trinajstić information content (AvgIpc) is 2.30. The fourth-order valence-corrected chi connectivity index (χ4v) is 0.723. The molecule has 0 fully saturated rings. The molecule has 116 valence electrons. The summed E-state index contributed by atoms with van der Waals surface area (Å²) >= 11 is 0. The second-order valence-electron chi connectivity index (χ2n) is 4.66. The third-order valence-electron chi connectivity index (χ3n) is 1.87. The van der Waals surface area contributed by atoms with E-state index in [1.54, 1.807) is 0 Å². The van der Waals surface area contributed by atoms with E-state index in [1.165, 1.54) is 16.7 Å². The van der Waals surface area contributed by atoms with Gasteiger partial charge in [-0.25, -0.2) is 0 Å². The van der Waals surface area contributed by atoms with Crippen molar-refractivity contribution in [2.24, 2.45) is 0 Å². The Morgan fingerprint density at radius 1 is 0.850 bits per heavy atom. The highest BCUT2D eigenvalue weighted by molar-refractivity contribution is 5.60. The molecule has 0 unspecified atom stereocenters. The van der Waals surface area contributed by atoms with E-state index in [2.05, 4.69) is 38.8 Å². The Labute approximate surface area is 128 Å². The molecule has 0 aromatic heterocycles. The highest BCUT2D eigenvalue weighted by atomic mass is 13.9. The maximum atomic E-state index is 3.83. The number of benzene rings is 1. The van der Waals surface area contributed by atoms with E-state index in [4.69, 9.17) is 0 Å². The van der Waals surface area contributed by atoms with Gasteiger partial charge in [-0.3, -0.25) is 0 Å². The van der Waals surface area contributed by atoms with Gasteiger partial charge in [0, 0.05) is 0 Å². The zero-order chi connectivity index (χ0) is 14.6. The second kappa shape index (κ2) is 17.4. The Balaban J connectivity index is -0.000000102. The van der Waals surface area contributed by atoms with Crippen LogP contribution in [-0.4, -0.2) is 0 Å². The lowest BCUT2D eigenvalue weighted by Crippen LogP contribution is -1.72. The number of allylic oxidation sites excluding steroid dienone is 3. The van der Waals surface area contributed by atoms with Gasteiger partial charge in [-0.15, -0.1) is 13.2 Å². The molecule has 0 aliphatic heterocycles. The molecule has 1 aromatic carbocycles. The standard InChI is InChI=1S/C9H10.C5H10.C4H8.2CH4/c1-8(2)9-6-4-3-5-7-9;1-4-5(2)3;1-4(2)3;;/h3-7H,1H2,2H3;2,4H2,1,3H3;1H2,2-3H3;2*1H4. The molecule has 1 aromatic rings. The Morgan fingerprint density at radius 2 is 1.15 bits per heavy atom. The van der Waals surface area contributed by atoms with Gasteiger partial charge in [0.2, 0.25) is 0 Å². The maximum Gasteiger partial charge on any atom is -0.0233 e. The summed E-state index contributed by atoms with van der Waals surface area (Å²) in [7, 11) is 0. The van der Waals surface area contributed by atoms with E-state index >= 15 is 0 Å². The first-order valence-corrected chi connectivity index (χ1v) is 6.28. The summed E-state index contributed by atoms with van der Waals surface area (Å²) in [6, 6.07) is 10.2. The van der Waals surface area contributed by atoms with E-state index in [0.29, 0.717) is 0 Å². The maximum absolute atomic E-state index is 3.83. The van der Waals surface area contributed by atoms with Gasteiger partial charge in [0.25, 0.3) is 0 Å². The van der Waals surface area contributed by atoms with E-state index in [-0.39, 0.29) is 14.9 Å². The van der Waals surface area contributed by atoms with Gasteiger partial charge >= 0.3 is 0 Å². The van der Waals surface area contributed by atoms with E-state index in [1.807, 2.05) is 45.9 Å². The molecule has 0 atom stereocenters. The molecule has 0 radical (unpaired) electrons. The minimum Gasteiger partial charge on any atom is -0.100 e. The fourth-order valence-electron chi connectivity index (χ4n) is 0.723. The lowest BCUT2D eigenvalue weighted by molar-refractivity contribution is 1.11. The molecule has 0 bridgehead atoms. The van der Waals surface area contributed by atoms with Gasteiger partial charge in [0.15, 0.2) is 0 Å². The normalized spacial score (nSPS) is 7.25. The van der Waals surface area contributed by atoms with Crippen molar-refractivity contribution >= 4 is 5.57 Å². The zero-order valence-corrected chi connectivity index (χ0v) is 12.7. The van der Waals surface area contributed by atoms with Gasteiger partial charge < -0.3 is 0 Å². The first kappa shape index (κ1) is 26.9. The van der Waals surface area contributed by atoms with Crippen molar-refractivity contribution in [3.63, 3.8) is 0 Å². The number of hydrogen-bond donors (Lipinski definition) is 0. The quantitative estimate of drug-likeness (QED) is 0.489. The molecule has 0 saturated carbocycles. The van der Waals surface area contributed by atoms with Crippen molar-refractivity contribution in [3.05, 3.63) is 66.8 Å². The van der Waals surface area contributed by atoms with E-state index in [9.17, 15) is 0 Å². The van der Waals surface area contributed by atoms with Gasteiger partial charge in [-0.1, -0.05) is 75.4 Å². The van der Waals surface area contributed by atoms with Crippen LogP contribution in [0.1, 0.15) is 61.5 Å². The first-order valence-electron chi connectivity index (χ1n) is 6.28. The molecule has 20 heavy (non-hydrogen) atoms. The second-order valence-corrected chi connectivity index (χ2v) is 4.66. The monoisotopic (exact) mass is 276 g/mol. The number of rotatable bonds is 2. The third-order valence-corrected chi connectivity index (χ3v) is 1.87. The predicted octanol–water partition coefficient (Wildman–Crippen LogP) is 7.55. The van der Waals surface area contributed by atoms with Crippen molar-refractivity contribution < 1.29 is 0 Å². The molecule has 0 N–H and O–H groups in total. The van der Waals surface area contributed by atoms with E-state index in [0.717, 1.165) is 12.0 Å². The van der Waals surface area contributed by atoms with Crippen molar-refractivity contribution in [2.45, 2.75) is 55.9 Å². The van der Waals surface area contributed by atoms with Crippen LogP contribution in [0.3, 0.4) is 0 Å². The van der Waals surface area contributed by atoms with Gasteiger partial charge in [0.05, 0.1) is 0 Å². The van der Waals surface area contributed by atoms with Crippen LogP contribution in [0.5, 0.6) is 0 Å². The van der Waals surface area contributed by atoms with Crippen molar-refractivity contribution in [1.82, 2.24) is 0 Å². The molecule has 0 heterocycles. The Kier molecular flexibility index (Phi) is 23.5. The average molecular weight is 277 g/mol.